The summed E-state index contributed by atoms with van der Waals surface area (Å²) in [7, 11) is 1.69. The number of ether oxygens (including phenoxy) is 1. The lowest BCUT2D eigenvalue weighted by Gasteiger charge is -2.20. The minimum atomic E-state index is -0.0639. The number of carbonyl (C=O) groups excluding carboxylic acids is 1. The Labute approximate surface area is 139 Å². The molecule has 2 N–H and O–H groups in total. The zero-order valence-corrected chi connectivity index (χ0v) is 14.6. The highest BCUT2D eigenvalue weighted by Crippen LogP contribution is 2.26. The first-order chi connectivity index (χ1) is 11.0. The number of methoxy groups -OCH3 is 1. The highest BCUT2D eigenvalue weighted by Gasteiger charge is 2.23. The monoisotopic (exact) mass is 319 g/mol. The summed E-state index contributed by atoms with van der Waals surface area (Å²) in [6.45, 7) is 8.94. The fraction of sp³-hybridized carbons (Fsp3) is 0.611. The molecule has 0 saturated carbocycles. The molecule has 2 amide bonds. The molecule has 0 aliphatic carbocycles. The predicted octanol–water partition coefficient (Wildman–Crippen LogP) is 2.87. The largest absolute Gasteiger partial charge is 0.497 e. The van der Waals surface area contributed by atoms with E-state index in [-0.39, 0.29) is 12.1 Å². The molecule has 1 aromatic carbocycles. The summed E-state index contributed by atoms with van der Waals surface area (Å²) in [5, 5.41) is 5.98. The number of carbonyl (C=O) groups is 1. The minimum Gasteiger partial charge on any atom is -0.497 e. The second-order valence-corrected chi connectivity index (χ2v) is 6.69. The van der Waals surface area contributed by atoms with Gasteiger partial charge in [0.15, 0.2) is 0 Å². The molecule has 23 heavy (non-hydrogen) atoms. The van der Waals surface area contributed by atoms with Crippen molar-refractivity contribution >= 4 is 11.7 Å². The van der Waals surface area contributed by atoms with Gasteiger partial charge in [0.25, 0.3) is 0 Å². The third-order valence-corrected chi connectivity index (χ3v) is 4.61. The van der Waals surface area contributed by atoms with Gasteiger partial charge in [-0.25, -0.2) is 4.79 Å². The molecule has 1 heterocycles. The van der Waals surface area contributed by atoms with Crippen LogP contribution in [0.3, 0.4) is 0 Å². The number of benzene rings is 1. The predicted molar refractivity (Wildman–Crippen MR) is 94.1 cm³/mol. The Balaban J connectivity index is 1.78. The smallest absolute Gasteiger partial charge is 0.315 e. The van der Waals surface area contributed by atoms with Crippen molar-refractivity contribution in [3.63, 3.8) is 0 Å². The summed E-state index contributed by atoms with van der Waals surface area (Å²) in [5.74, 6) is 1.81. The van der Waals surface area contributed by atoms with Gasteiger partial charge in [0, 0.05) is 37.4 Å². The van der Waals surface area contributed by atoms with Crippen molar-refractivity contribution < 1.29 is 9.53 Å². The number of anilines is 1. The average molecular weight is 319 g/mol. The Bertz CT molecular complexity index is 519. The minimum absolute atomic E-state index is 0.0639. The number of rotatable bonds is 6. The zero-order chi connectivity index (χ0) is 16.8. The van der Waals surface area contributed by atoms with Crippen LogP contribution in [-0.4, -0.2) is 38.8 Å². The fourth-order valence-corrected chi connectivity index (χ4v) is 2.70. The van der Waals surface area contributed by atoms with Gasteiger partial charge in [-0.15, -0.1) is 0 Å². The first-order valence-corrected chi connectivity index (χ1v) is 8.43. The molecule has 2 rings (SSSR count). The van der Waals surface area contributed by atoms with Crippen LogP contribution < -0.4 is 20.3 Å². The van der Waals surface area contributed by atoms with E-state index in [1.165, 1.54) is 5.69 Å². The Morgan fingerprint density at radius 2 is 2.17 bits per heavy atom. The van der Waals surface area contributed by atoms with Gasteiger partial charge >= 0.3 is 6.03 Å². The standard InChI is InChI=1S/C18H29N3O2/c1-13(2)14(3)20-18(22)19-11-15-8-9-21(12-15)16-6-5-7-17(10-16)23-4/h5-7,10,13-15H,8-9,11-12H2,1-4H3,(H2,19,20,22). The van der Waals surface area contributed by atoms with E-state index in [0.29, 0.717) is 11.8 Å². The van der Waals surface area contributed by atoms with Gasteiger partial charge in [0.2, 0.25) is 0 Å². The van der Waals surface area contributed by atoms with Crippen molar-refractivity contribution in [1.29, 1.82) is 0 Å². The molecule has 1 fully saturated rings. The van der Waals surface area contributed by atoms with Crippen LogP contribution in [-0.2, 0) is 0 Å². The van der Waals surface area contributed by atoms with Crippen LogP contribution in [0.5, 0.6) is 5.75 Å². The van der Waals surface area contributed by atoms with E-state index >= 15 is 0 Å². The molecule has 1 aliphatic heterocycles. The van der Waals surface area contributed by atoms with Gasteiger partial charge in [-0.05, 0) is 37.3 Å². The third kappa shape index (κ3) is 5.05. The van der Waals surface area contributed by atoms with Crippen molar-refractivity contribution in [3.05, 3.63) is 24.3 Å². The van der Waals surface area contributed by atoms with Gasteiger partial charge in [-0.1, -0.05) is 19.9 Å². The van der Waals surface area contributed by atoms with Crippen molar-refractivity contribution in [3.8, 4) is 5.75 Å². The summed E-state index contributed by atoms with van der Waals surface area (Å²) in [4.78, 5) is 14.2. The van der Waals surface area contributed by atoms with Gasteiger partial charge in [-0.2, -0.15) is 0 Å². The SMILES string of the molecule is COc1cccc(N2CCC(CNC(=O)NC(C)C(C)C)C2)c1. The molecule has 0 aromatic heterocycles. The van der Waals surface area contributed by atoms with Crippen molar-refractivity contribution in [1.82, 2.24) is 10.6 Å². The molecule has 2 atom stereocenters. The van der Waals surface area contributed by atoms with Gasteiger partial charge in [0.1, 0.15) is 5.75 Å². The lowest BCUT2D eigenvalue weighted by atomic mass is 10.1. The van der Waals surface area contributed by atoms with E-state index in [2.05, 4.69) is 41.5 Å². The molecule has 1 aliphatic rings. The Kier molecular flexibility index (Phi) is 6.13. The number of nitrogens with one attached hydrogen (secondary N) is 2. The topological polar surface area (TPSA) is 53.6 Å². The normalized spacial score (nSPS) is 18.8. The van der Waals surface area contributed by atoms with Crippen molar-refractivity contribution in [2.45, 2.75) is 33.2 Å². The Morgan fingerprint density at radius 3 is 2.87 bits per heavy atom. The van der Waals surface area contributed by atoms with Crippen LogP contribution in [0.25, 0.3) is 0 Å². The van der Waals surface area contributed by atoms with E-state index in [4.69, 9.17) is 4.74 Å². The lowest BCUT2D eigenvalue weighted by Crippen LogP contribution is -2.44. The number of amides is 2. The fourth-order valence-electron chi connectivity index (χ4n) is 2.70. The van der Waals surface area contributed by atoms with Gasteiger partial charge < -0.3 is 20.3 Å². The molecule has 0 radical (unpaired) electrons. The first kappa shape index (κ1) is 17.4. The molecular formula is C18H29N3O2. The van der Waals surface area contributed by atoms with E-state index in [9.17, 15) is 4.79 Å². The summed E-state index contributed by atoms with van der Waals surface area (Å²) in [5.41, 5.74) is 1.18. The summed E-state index contributed by atoms with van der Waals surface area (Å²) in [6, 6.07) is 8.26. The molecule has 128 valence electrons. The van der Waals surface area contributed by atoms with E-state index < -0.39 is 0 Å². The van der Waals surface area contributed by atoms with Crippen LogP contribution in [0.1, 0.15) is 27.2 Å². The highest BCUT2D eigenvalue weighted by molar-refractivity contribution is 5.74. The van der Waals surface area contributed by atoms with Crippen LogP contribution in [0, 0.1) is 11.8 Å². The maximum Gasteiger partial charge on any atom is 0.315 e. The summed E-state index contributed by atoms with van der Waals surface area (Å²) in [6.07, 6.45) is 1.09. The number of nitrogens with zero attached hydrogens (tertiary/aromatic N) is 1. The molecule has 0 bridgehead atoms. The number of hydrogen-bond donors (Lipinski definition) is 2. The van der Waals surface area contributed by atoms with Crippen LogP contribution in [0.15, 0.2) is 24.3 Å². The molecule has 5 nitrogen and oxygen atoms in total. The summed E-state index contributed by atoms with van der Waals surface area (Å²) < 4.78 is 5.28. The second-order valence-electron chi connectivity index (χ2n) is 6.69. The Morgan fingerprint density at radius 1 is 1.39 bits per heavy atom. The molecule has 5 heteroatoms. The van der Waals surface area contributed by atoms with E-state index in [1.807, 2.05) is 19.1 Å². The first-order valence-electron chi connectivity index (χ1n) is 8.43. The highest BCUT2D eigenvalue weighted by atomic mass is 16.5. The summed E-state index contributed by atoms with van der Waals surface area (Å²) >= 11 is 0. The maximum atomic E-state index is 11.9. The maximum absolute atomic E-state index is 11.9. The van der Waals surface area contributed by atoms with Crippen LogP contribution in [0.2, 0.25) is 0 Å². The number of urea groups is 1. The average Bonchev–Trinajstić information content (AvgIpc) is 3.02. The molecule has 2 unspecified atom stereocenters. The van der Waals surface area contributed by atoms with E-state index in [1.54, 1.807) is 7.11 Å². The lowest BCUT2D eigenvalue weighted by molar-refractivity contribution is 0.233. The van der Waals surface area contributed by atoms with Gasteiger partial charge in [0.05, 0.1) is 7.11 Å². The second kappa shape index (κ2) is 8.09. The van der Waals surface area contributed by atoms with Crippen molar-refractivity contribution in [2.24, 2.45) is 11.8 Å². The van der Waals surface area contributed by atoms with E-state index in [0.717, 1.165) is 31.8 Å². The third-order valence-electron chi connectivity index (χ3n) is 4.61. The van der Waals surface area contributed by atoms with Crippen molar-refractivity contribution in [2.75, 3.05) is 31.6 Å². The molecule has 1 saturated heterocycles. The van der Waals surface area contributed by atoms with Crippen LogP contribution in [0.4, 0.5) is 10.5 Å². The Hall–Kier alpha value is -1.91. The quantitative estimate of drug-likeness (QED) is 0.848. The van der Waals surface area contributed by atoms with Gasteiger partial charge in [-0.3, -0.25) is 0 Å². The molecule has 1 aromatic rings. The molecular weight excluding hydrogens is 290 g/mol. The number of hydrogen-bond acceptors (Lipinski definition) is 3. The zero-order valence-electron chi connectivity index (χ0n) is 14.6. The molecule has 0 spiro atoms. The van der Waals surface area contributed by atoms with Crippen LogP contribution >= 0.6 is 0 Å².